The van der Waals surface area contributed by atoms with Crippen molar-refractivity contribution in [2.24, 2.45) is 0 Å². The maximum absolute atomic E-state index is 13.7. The van der Waals surface area contributed by atoms with Gasteiger partial charge in [0.15, 0.2) is 11.3 Å². The van der Waals surface area contributed by atoms with Crippen LogP contribution in [0.4, 0.5) is 10.3 Å². The molecule has 0 unspecified atom stereocenters. The van der Waals surface area contributed by atoms with Gasteiger partial charge in [-0.25, -0.2) is 14.4 Å². The molecule has 1 N–H and O–H groups in total. The number of benzene rings is 1. The normalized spacial score (nSPS) is 11.3. The second-order valence-corrected chi connectivity index (χ2v) is 6.74. The van der Waals surface area contributed by atoms with Crippen LogP contribution in [0, 0.1) is 5.82 Å². The summed E-state index contributed by atoms with van der Waals surface area (Å²) >= 11 is 0. The number of aromatic nitrogens is 6. The number of methoxy groups -OCH3 is 1. The first-order valence-electron chi connectivity index (χ1n) is 9.33. The average Bonchev–Trinajstić information content (AvgIpc) is 3.34. The molecule has 0 saturated carbocycles. The SMILES string of the molecule is CNc1nc2ncc(-n3ccc4ncc(OC)nc43)cc2n1Cc1cccc(F)c1. The van der Waals surface area contributed by atoms with Crippen LogP contribution >= 0.6 is 0 Å². The maximum Gasteiger partial charge on any atom is 0.234 e. The van der Waals surface area contributed by atoms with Crippen LogP contribution in [0.5, 0.6) is 5.88 Å². The topological polar surface area (TPSA) is 82.7 Å². The lowest BCUT2D eigenvalue weighted by molar-refractivity contribution is 0.397. The average molecular weight is 403 g/mol. The standard InChI is InChI=1S/C21H18FN7O/c1-23-21-27-19-17(29(21)12-13-4-3-5-14(22)8-13)9-15(10-25-19)28-7-6-16-20(28)26-18(30-2)11-24-16/h3-11H,12H2,1-2H3,(H,23,25,27). The Morgan fingerprint density at radius 3 is 2.80 bits per heavy atom. The molecule has 5 rings (SSSR count). The molecule has 0 bridgehead atoms. The van der Waals surface area contributed by atoms with Gasteiger partial charge in [-0.2, -0.15) is 9.97 Å². The van der Waals surface area contributed by atoms with Crippen molar-refractivity contribution in [3.8, 4) is 11.6 Å². The monoisotopic (exact) mass is 403 g/mol. The number of nitrogens with one attached hydrogen (secondary N) is 1. The van der Waals surface area contributed by atoms with Gasteiger partial charge in [-0.15, -0.1) is 0 Å². The lowest BCUT2D eigenvalue weighted by Gasteiger charge is -2.10. The van der Waals surface area contributed by atoms with Gasteiger partial charge in [0, 0.05) is 13.2 Å². The fourth-order valence-electron chi connectivity index (χ4n) is 3.49. The van der Waals surface area contributed by atoms with E-state index >= 15 is 0 Å². The van der Waals surface area contributed by atoms with Gasteiger partial charge in [-0.1, -0.05) is 12.1 Å². The summed E-state index contributed by atoms with van der Waals surface area (Å²) in [5, 5.41) is 3.09. The number of imidazole rings is 1. The van der Waals surface area contributed by atoms with Crippen LogP contribution in [0.1, 0.15) is 5.56 Å². The maximum atomic E-state index is 13.7. The minimum absolute atomic E-state index is 0.270. The predicted octanol–water partition coefficient (Wildman–Crippen LogP) is 3.40. The van der Waals surface area contributed by atoms with Crippen molar-refractivity contribution in [3.63, 3.8) is 0 Å². The number of halogens is 1. The minimum atomic E-state index is -0.270. The van der Waals surface area contributed by atoms with Crippen molar-refractivity contribution in [2.75, 3.05) is 19.5 Å². The molecule has 0 radical (unpaired) electrons. The Bertz CT molecular complexity index is 1370. The van der Waals surface area contributed by atoms with Crippen molar-refractivity contribution >= 4 is 28.3 Å². The van der Waals surface area contributed by atoms with Crippen molar-refractivity contribution in [3.05, 3.63) is 66.4 Å². The highest BCUT2D eigenvalue weighted by Gasteiger charge is 2.14. The summed E-state index contributed by atoms with van der Waals surface area (Å²) in [6.07, 6.45) is 5.21. The number of ether oxygens (including phenoxy) is 1. The van der Waals surface area contributed by atoms with E-state index in [0.717, 1.165) is 22.3 Å². The Hall–Kier alpha value is -4.01. The lowest BCUT2D eigenvalue weighted by Crippen LogP contribution is -2.05. The van der Waals surface area contributed by atoms with Gasteiger partial charge in [0.1, 0.15) is 11.3 Å². The van der Waals surface area contributed by atoms with E-state index in [0.29, 0.717) is 29.7 Å². The van der Waals surface area contributed by atoms with Crippen LogP contribution in [-0.2, 0) is 6.54 Å². The van der Waals surface area contributed by atoms with Gasteiger partial charge in [0.25, 0.3) is 0 Å². The van der Waals surface area contributed by atoms with Crippen LogP contribution in [0.25, 0.3) is 28.0 Å². The third-order valence-electron chi connectivity index (χ3n) is 4.90. The Morgan fingerprint density at radius 1 is 1.10 bits per heavy atom. The van der Waals surface area contributed by atoms with Gasteiger partial charge in [0.05, 0.1) is 37.3 Å². The largest absolute Gasteiger partial charge is 0.480 e. The highest BCUT2D eigenvalue weighted by atomic mass is 19.1. The zero-order valence-electron chi connectivity index (χ0n) is 16.4. The zero-order valence-corrected chi connectivity index (χ0v) is 16.4. The van der Waals surface area contributed by atoms with Gasteiger partial charge in [-0.05, 0) is 29.8 Å². The molecule has 4 heterocycles. The molecule has 5 aromatic rings. The van der Waals surface area contributed by atoms with E-state index < -0.39 is 0 Å². The fraction of sp³-hybridized carbons (Fsp3) is 0.143. The molecule has 0 spiro atoms. The second kappa shape index (κ2) is 7.11. The molecule has 4 aromatic heterocycles. The molecule has 30 heavy (non-hydrogen) atoms. The molecule has 0 aliphatic heterocycles. The Kier molecular flexibility index (Phi) is 4.27. The molecule has 0 saturated heterocycles. The number of hydrogen-bond acceptors (Lipinski definition) is 6. The van der Waals surface area contributed by atoms with Crippen molar-refractivity contribution in [1.29, 1.82) is 0 Å². The van der Waals surface area contributed by atoms with Crippen LogP contribution in [0.3, 0.4) is 0 Å². The van der Waals surface area contributed by atoms with E-state index in [9.17, 15) is 4.39 Å². The van der Waals surface area contributed by atoms with Gasteiger partial charge in [0.2, 0.25) is 11.8 Å². The third kappa shape index (κ3) is 3.00. The minimum Gasteiger partial charge on any atom is -0.480 e. The molecule has 8 nitrogen and oxygen atoms in total. The van der Waals surface area contributed by atoms with Crippen LogP contribution in [0.2, 0.25) is 0 Å². The van der Waals surface area contributed by atoms with E-state index in [2.05, 4.69) is 25.3 Å². The van der Waals surface area contributed by atoms with Crippen molar-refractivity contribution in [2.45, 2.75) is 6.54 Å². The third-order valence-corrected chi connectivity index (χ3v) is 4.90. The summed E-state index contributed by atoms with van der Waals surface area (Å²) in [5.74, 6) is 0.816. The molecule has 0 fully saturated rings. The van der Waals surface area contributed by atoms with Crippen LogP contribution in [0.15, 0.2) is 55.0 Å². The van der Waals surface area contributed by atoms with Crippen molar-refractivity contribution in [1.82, 2.24) is 29.1 Å². The number of anilines is 1. The van der Waals surface area contributed by atoms with Gasteiger partial charge >= 0.3 is 0 Å². The molecule has 0 aliphatic carbocycles. The van der Waals surface area contributed by atoms with Gasteiger partial charge < -0.3 is 14.6 Å². The summed E-state index contributed by atoms with van der Waals surface area (Å²) in [4.78, 5) is 18.0. The quantitative estimate of drug-likeness (QED) is 0.484. The van der Waals surface area contributed by atoms with E-state index in [1.165, 1.54) is 12.1 Å². The Balaban J connectivity index is 1.65. The molecule has 150 valence electrons. The number of fused-ring (bicyclic) bond motifs is 2. The number of rotatable bonds is 5. The molecule has 1 aromatic carbocycles. The first kappa shape index (κ1) is 18.0. The Labute approximate surface area is 171 Å². The summed E-state index contributed by atoms with van der Waals surface area (Å²) < 4.78 is 22.8. The second-order valence-electron chi connectivity index (χ2n) is 6.74. The highest BCUT2D eigenvalue weighted by Crippen LogP contribution is 2.25. The first-order chi connectivity index (χ1) is 14.7. The molecular formula is C21H18FN7O. The molecule has 0 aliphatic rings. The van der Waals surface area contributed by atoms with Crippen molar-refractivity contribution < 1.29 is 9.13 Å². The summed E-state index contributed by atoms with van der Waals surface area (Å²) in [7, 11) is 3.35. The smallest absolute Gasteiger partial charge is 0.234 e. The lowest BCUT2D eigenvalue weighted by atomic mass is 10.2. The van der Waals surface area contributed by atoms with E-state index in [4.69, 9.17) is 4.74 Å². The Morgan fingerprint density at radius 2 is 2.00 bits per heavy atom. The number of pyridine rings is 1. The summed E-state index contributed by atoms with van der Waals surface area (Å²) in [6.45, 7) is 0.454. The molecule has 9 heteroatoms. The highest BCUT2D eigenvalue weighted by molar-refractivity contribution is 5.79. The fourth-order valence-corrected chi connectivity index (χ4v) is 3.49. The number of hydrogen-bond donors (Lipinski definition) is 1. The predicted molar refractivity (Wildman–Crippen MR) is 112 cm³/mol. The zero-order chi connectivity index (χ0) is 20.7. The summed E-state index contributed by atoms with van der Waals surface area (Å²) in [5.41, 5.74) is 4.47. The van der Waals surface area contributed by atoms with E-state index in [1.54, 1.807) is 32.6 Å². The summed E-state index contributed by atoms with van der Waals surface area (Å²) in [6, 6.07) is 10.4. The first-order valence-corrected chi connectivity index (χ1v) is 9.33. The number of nitrogens with zero attached hydrogens (tertiary/aromatic N) is 6. The van der Waals surface area contributed by atoms with Crippen LogP contribution in [-0.4, -0.2) is 43.2 Å². The van der Waals surface area contributed by atoms with Crippen LogP contribution < -0.4 is 10.1 Å². The molecule has 0 atom stereocenters. The molecular weight excluding hydrogens is 385 g/mol. The van der Waals surface area contributed by atoms with E-state index in [1.807, 2.05) is 33.5 Å². The van der Waals surface area contributed by atoms with Gasteiger partial charge in [-0.3, -0.25) is 4.57 Å². The van der Waals surface area contributed by atoms with E-state index in [-0.39, 0.29) is 5.82 Å². The molecule has 0 amide bonds.